The van der Waals surface area contributed by atoms with E-state index in [2.05, 4.69) is 20.6 Å². The molecule has 3 unspecified atom stereocenters. The number of hydrogen-bond donors (Lipinski definition) is 3. The Balaban J connectivity index is 1.60. The Kier molecular flexibility index (Phi) is 2.84. The Labute approximate surface area is 100 Å². The molecule has 1 aromatic rings. The third-order valence-electron chi connectivity index (χ3n) is 3.92. The molecule has 1 aromatic heterocycles. The maximum atomic E-state index is 12.0. The van der Waals surface area contributed by atoms with Gasteiger partial charge in [0.2, 0.25) is 11.9 Å². The van der Waals surface area contributed by atoms with Gasteiger partial charge in [0.25, 0.3) is 0 Å². The second-order valence-corrected chi connectivity index (χ2v) is 5.03. The molecule has 92 valence electrons. The summed E-state index contributed by atoms with van der Waals surface area (Å²) in [6, 6.07) is 0.504. The number of nitrogens with zero attached hydrogens (tertiary/aromatic N) is 1. The highest BCUT2D eigenvalue weighted by molar-refractivity contribution is 5.93. The molecule has 17 heavy (non-hydrogen) atoms. The summed E-state index contributed by atoms with van der Waals surface area (Å²) in [6.07, 6.45) is 9.40. The molecule has 1 saturated heterocycles. The minimum atomic E-state index is -0.0480. The van der Waals surface area contributed by atoms with E-state index in [9.17, 15) is 4.79 Å². The molecular weight excluding hydrogens is 216 g/mol. The van der Waals surface area contributed by atoms with Gasteiger partial charge in [-0.15, -0.1) is 0 Å². The molecule has 5 heteroatoms. The van der Waals surface area contributed by atoms with Gasteiger partial charge >= 0.3 is 0 Å². The highest BCUT2D eigenvalue weighted by Crippen LogP contribution is 2.33. The highest BCUT2D eigenvalue weighted by atomic mass is 16.2. The number of rotatable bonds is 2. The second kappa shape index (κ2) is 4.49. The summed E-state index contributed by atoms with van der Waals surface area (Å²) in [5.41, 5.74) is 0. The van der Waals surface area contributed by atoms with Crippen molar-refractivity contribution in [2.24, 2.45) is 5.92 Å². The van der Waals surface area contributed by atoms with Gasteiger partial charge in [-0.3, -0.25) is 10.1 Å². The molecule has 5 nitrogen and oxygen atoms in total. The van der Waals surface area contributed by atoms with E-state index >= 15 is 0 Å². The van der Waals surface area contributed by atoms with E-state index in [1.807, 2.05) is 0 Å². The summed E-state index contributed by atoms with van der Waals surface area (Å²) in [4.78, 5) is 18.9. The molecule has 0 aromatic carbocycles. The number of aromatic nitrogens is 2. The first kappa shape index (κ1) is 10.8. The fourth-order valence-electron chi connectivity index (χ4n) is 3.06. The SMILES string of the molecule is O=C(Nc1ncc[nH]1)C1CC2CCCCC2N1. The number of anilines is 1. The number of carbonyl (C=O) groups is 1. The number of imidazole rings is 1. The quantitative estimate of drug-likeness (QED) is 0.721. The van der Waals surface area contributed by atoms with Crippen LogP contribution in [0.25, 0.3) is 0 Å². The summed E-state index contributed by atoms with van der Waals surface area (Å²) < 4.78 is 0. The number of aromatic amines is 1. The van der Waals surface area contributed by atoms with Crippen LogP contribution < -0.4 is 10.6 Å². The van der Waals surface area contributed by atoms with Crippen molar-refractivity contribution < 1.29 is 4.79 Å². The fraction of sp³-hybridized carbons (Fsp3) is 0.667. The van der Waals surface area contributed by atoms with Crippen LogP contribution in [0.5, 0.6) is 0 Å². The van der Waals surface area contributed by atoms with Crippen molar-refractivity contribution in [2.45, 2.75) is 44.2 Å². The van der Waals surface area contributed by atoms with Crippen LogP contribution in [0.1, 0.15) is 32.1 Å². The second-order valence-electron chi connectivity index (χ2n) is 5.03. The molecule has 2 heterocycles. The zero-order valence-electron chi connectivity index (χ0n) is 9.78. The van der Waals surface area contributed by atoms with Crippen LogP contribution in [0, 0.1) is 5.92 Å². The molecule has 3 N–H and O–H groups in total. The van der Waals surface area contributed by atoms with Gasteiger partial charge in [0.1, 0.15) is 0 Å². The molecule has 2 aliphatic rings. The smallest absolute Gasteiger partial charge is 0.243 e. The lowest BCUT2D eigenvalue weighted by Crippen LogP contribution is -2.40. The van der Waals surface area contributed by atoms with Gasteiger partial charge in [-0.25, -0.2) is 4.98 Å². The van der Waals surface area contributed by atoms with Crippen molar-refractivity contribution in [3.8, 4) is 0 Å². The van der Waals surface area contributed by atoms with Crippen LogP contribution >= 0.6 is 0 Å². The number of fused-ring (bicyclic) bond motifs is 1. The van der Waals surface area contributed by atoms with Crippen LogP contribution in [0.2, 0.25) is 0 Å². The topological polar surface area (TPSA) is 69.8 Å². The monoisotopic (exact) mass is 234 g/mol. The summed E-state index contributed by atoms with van der Waals surface area (Å²) in [5, 5.41) is 6.26. The van der Waals surface area contributed by atoms with Crippen LogP contribution in [-0.2, 0) is 4.79 Å². The molecule has 3 rings (SSSR count). The summed E-state index contributed by atoms with van der Waals surface area (Å²) in [5.74, 6) is 1.26. The molecule has 3 atom stereocenters. The molecule has 1 saturated carbocycles. The first-order valence-electron chi connectivity index (χ1n) is 6.39. The van der Waals surface area contributed by atoms with Gasteiger partial charge in [-0.1, -0.05) is 12.8 Å². The van der Waals surface area contributed by atoms with Gasteiger partial charge in [-0.05, 0) is 25.2 Å². The van der Waals surface area contributed by atoms with E-state index in [1.165, 1.54) is 25.7 Å². The molecule has 1 amide bonds. The van der Waals surface area contributed by atoms with E-state index in [1.54, 1.807) is 12.4 Å². The molecule has 1 aliphatic heterocycles. The third kappa shape index (κ3) is 2.20. The van der Waals surface area contributed by atoms with Gasteiger partial charge in [0, 0.05) is 18.4 Å². The predicted molar refractivity (Wildman–Crippen MR) is 64.5 cm³/mol. The maximum Gasteiger partial charge on any atom is 0.243 e. The maximum absolute atomic E-state index is 12.0. The van der Waals surface area contributed by atoms with Gasteiger partial charge in [-0.2, -0.15) is 0 Å². The third-order valence-corrected chi connectivity index (χ3v) is 3.92. The average Bonchev–Trinajstić information content (AvgIpc) is 2.96. The number of H-pyrrole nitrogens is 1. The number of amides is 1. The Hall–Kier alpha value is -1.36. The number of hydrogen-bond acceptors (Lipinski definition) is 3. The Morgan fingerprint density at radius 2 is 2.29 bits per heavy atom. The molecule has 0 spiro atoms. The minimum Gasteiger partial charge on any atom is -0.331 e. The number of nitrogens with one attached hydrogen (secondary N) is 3. The van der Waals surface area contributed by atoms with E-state index in [0.717, 1.165) is 6.42 Å². The summed E-state index contributed by atoms with van der Waals surface area (Å²) in [7, 11) is 0. The van der Waals surface area contributed by atoms with Gasteiger partial charge < -0.3 is 10.3 Å². The molecule has 2 fully saturated rings. The van der Waals surface area contributed by atoms with E-state index in [0.29, 0.717) is 17.9 Å². The van der Waals surface area contributed by atoms with Crippen LogP contribution in [-0.4, -0.2) is 28.0 Å². The van der Waals surface area contributed by atoms with Crippen LogP contribution in [0.3, 0.4) is 0 Å². The fourth-order valence-corrected chi connectivity index (χ4v) is 3.06. The van der Waals surface area contributed by atoms with Crippen molar-refractivity contribution in [1.29, 1.82) is 0 Å². The standard InChI is InChI=1S/C12H18N4O/c17-11(16-12-13-5-6-14-12)10-7-8-3-1-2-4-9(8)15-10/h5-6,8-10,15H,1-4,7H2,(H2,13,14,16,17). The molecule has 0 bridgehead atoms. The van der Waals surface area contributed by atoms with Crippen molar-refractivity contribution in [1.82, 2.24) is 15.3 Å². The van der Waals surface area contributed by atoms with Crippen LogP contribution in [0.4, 0.5) is 5.95 Å². The predicted octanol–water partition coefficient (Wildman–Crippen LogP) is 1.27. The van der Waals surface area contributed by atoms with Crippen molar-refractivity contribution in [3.63, 3.8) is 0 Å². The first-order chi connectivity index (χ1) is 8.33. The zero-order chi connectivity index (χ0) is 11.7. The zero-order valence-corrected chi connectivity index (χ0v) is 9.78. The Morgan fingerprint density at radius 1 is 1.41 bits per heavy atom. The Bertz CT molecular complexity index is 375. The normalized spacial score (nSPS) is 32.1. The van der Waals surface area contributed by atoms with Crippen molar-refractivity contribution in [3.05, 3.63) is 12.4 Å². The lowest BCUT2D eigenvalue weighted by atomic mass is 9.85. The highest BCUT2D eigenvalue weighted by Gasteiger charge is 2.38. The van der Waals surface area contributed by atoms with Crippen molar-refractivity contribution >= 4 is 11.9 Å². The van der Waals surface area contributed by atoms with Crippen LogP contribution in [0.15, 0.2) is 12.4 Å². The molecule has 1 aliphatic carbocycles. The first-order valence-corrected chi connectivity index (χ1v) is 6.39. The average molecular weight is 234 g/mol. The van der Waals surface area contributed by atoms with E-state index in [-0.39, 0.29) is 11.9 Å². The Morgan fingerprint density at radius 3 is 3.06 bits per heavy atom. The van der Waals surface area contributed by atoms with Crippen molar-refractivity contribution in [2.75, 3.05) is 5.32 Å². The van der Waals surface area contributed by atoms with Gasteiger partial charge in [0.15, 0.2) is 0 Å². The molecule has 0 radical (unpaired) electrons. The summed E-state index contributed by atoms with van der Waals surface area (Å²) in [6.45, 7) is 0. The lowest BCUT2D eigenvalue weighted by Gasteiger charge is -2.24. The largest absolute Gasteiger partial charge is 0.331 e. The lowest BCUT2D eigenvalue weighted by molar-refractivity contribution is -0.117. The van der Waals surface area contributed by atoms with Gasteiger partial charge in [0.05, 0.1) is 6.04 Å². The summed E-state index contributed by atoms with van der Waals surface area (Å²) >= 11 is 0. The van der Waals surface area contributed by atoms with E-state index < -0.39 is 0 Å². The minimum absolute atomic E-state index is 0.0364. The number of carbonyl (C=O) groups excluding carboxylic acids is 1. The molecular formula is C12H18N4O. The van der Waals surface area contributed by atoms with E-state index in [4.69, 9.17) is 0 Å².